The predicted molar refractivity (Wildman–Crippen MR) is 117 cm³/mol. The van der Waals surface area contributed by atoms with Gasteiger partial charge in [-0.05, 0) is 58.3 Å². The van der Waals surface area contributed by atoms with Gasteiger partial charge in [0.05, 0.1) is 31.7 Å². The second-order valence-corrected chi connectivity index (χ2v) is 10.3. The smallest absolute Gasteiger partial charge is 0.309 e. The molecule has 2 heterocycles. The number of halogens is 1. The highest BCUT2D eigenvalue weighted by Gasteiger charge is 2.53. The summed E-state index contributed by atoms with van der Waals surface area (Å²) in [6.45, 7) is 3.50. The number of amides is 2. The van der Waals surface area contributed by atoms with Crippen LogP contribution in [0.15, 0.2) is 0 Å². The lowest BCUT2D eigenvalue weighted by Gasteiger charge is -2.54. The Morgan fingerprint density at radius 1 is 1.12 bits per heavy atom. The SMILES string of the molecule is CCOC(=O)C1CCN(C(=O)C23CCC(NCC(=O)N4CC(F)CC4C#N)(CC2)CC3)CC1. The van der Waals surface area contributed by atoms with Gasteiger partial charge in [-0.15, -0.1) is 0 Å². The van der Waals surface area contributed by atoms with E-state index in [4.69, 9.17) is 4.74 Å². The first-order valence-corrected chi connectivity index (χ1v) is 12.4. The summed E-state index contributed by atoms with van der Waals surface area (Å²) in [5, 5.41) is 12.6. The Labute approximate surface area is 194 Å². The molecule has 3 saturated carbocycles. The van der Waals surface area contributed by atoms with Crippen LogP contribution in [0, 0.1) is 22.7 Å². The highest BCUT2D eigenvalue weighted by Crippen LogP contribution is 2.53. The Balaban J connectivity index is 1.27. The minimum Gasteiger partial charge on any atom is -0.466 e. The van der Waals surface area contributed by atoms with Crippen molar-refractivity contribution < 1.29 is 23.5 Å². The highest BCUT2D eigenvalue weighted by atomic mass is 19.1. The molecule has 33 heavy (non-hydrogen) atoms. The number of hydrogen-bond donors (Lipinski definition) is 1. The Bertz CT molecular complexity index is 795. The van der Waals surface area contributed by atoms with Gasteiger partial charge in [-0.3, -0.25) is 14.4 Å². The average molecular weight is 463 g/mol. The summed E-state index contributed by atoms with van der Waals surface area (Å²) in [4.78, 5) is 41.3. The number of hydrogen-bond acceptors (Lipinski definition) is 6. The number of esters is 1. The molecule has 2 bridgehead atoms. The molecule has 9 heteroatoms. The maximum absolute atomic E-state index is 13.7. The van der Waals surface area contributed by atoms with E-state index in [0.29, 0.717) is 32.5 Å². The number of rotatable bonds is 6. The van der Waals surface area contributed by atoms with Crippen molar-refractivity contribution in [2.75, 3.05) is 32.8 Å². The maximum atomic E-state index is 13.7. The topological polar surface area (TPSA) is 103 Å². The van der Waals surface area contributed by atoms with Crippen LogP contribution in [0.2, 0.25) is 0 Å². The van der Waals surface area contributed by atoms with Crippen molar-refractivity contribution in [2.45, 2.75) is 82.5 Å². The number of carbonyl (C=O) groups is 3. The van der Waals surface area contributed by atoms with E-state index in [2.05, 4.69) is 5.32 Å². The molecule has 2 aliphatic heterocycles. The minimum absolute atomic E-state index is 0.00376. The third-order valence-corrected chi connectivity index (χ3v) is 8.44. The normalized spacial score (nSPS) is 34.2. The predicted octanol–water partition coefficient (Wildman–Crippen LogP) is 1.93. The molecule has 5 rings (SSSR count). The molecule has 0 spiro atoms. The van der Waals surface area contributed by atoms with E-state index in [1.165, 1.54) is 4.90 Å². The van der Waals surface area contributed by atoms with Gasteiger partial charge in [0.15, 0.2) is 0 Å². The van der Waals surface area contributed by atoms with Gasteiger partial charge in [0, 0.05) is 30.5 Å². The molecule has 5 aliphatic rings. The molecule has 5 fully saturated rings. The lowest BCUT2D eigenvalue weighted by molar-refractivity contribution is -0.156. The van der Waals surface area contributed by atoms with Crippen LogP contribution < -0.4 is 5.32 Å². The van der Waals surface area contributed by atoms with E-state index < -0.39 is 12.2 Å². The molecule has 2 atom stereocenters. The number of alkyl halides is 1. The number of fused-ring (bicyclic) bond motifs is 3. The van der Waals surface area contributed by atoms with Gasteiger partial charge in [0.25, 0.3) is 0 Å². The summed E-state index contributed by atoms with van der Waals surface area (Å²) in [6.07, 6.45) is 5.16. The van der Waals surface area contributed by atoms with Crippen molar-refractivity contribution >= 4 is 17.8 Å². The summed E-state index contributed by atoms with van der Waals surface area (Å²) >= 11 is 0. The number of likely N-dealkylation sites (tertiary alicyclic amines) is 2. The Morgan fingerprint density at radius 3 is 2.33 bits per heavy atom. The van der Waals surface area contributed by atoms with Gasteiger partial charge in [-0.1, -0.05) is 0 Å². The van der Waals surface area contributed by atoms with Crippen LogP contribution in [-0.4, -0.2) is 78.1 Å². The van der Waals surface area contributed by atoms with Gasteiger partial charge in [0.1, 0.15) is 12.2 Å². The molecule has 0 aromatic rings. The van der Waals surface area contributed by atoms with Gasteiger partial charge >= 0.3 is 5.97 Å². The molecule has 8 nitrogen and oxygen atoms in total. The summed E-state index contributed by atoms with van der Waals surface area (Å²) in [6, 6.07) is 1.35. The first-order valence-electron chi connectivity index (χ1n) is 12.4. The van der Waals surface area contributed by atoms with Crippen LogP contribution in [0.3, 0.4) is 0 Å². The molecular formula is C24H35FN4O4. The van der Waals surface area contributed by atoms with Crippen LogP contribution in [0.1, 0.15) is 64.7 Å². The van der Waals surface area contributed by atoms with E-state index in [1.807, 2.05) is 17.9 Å². The van der Waals surface area contributed by atoms with Crippen molar-refractivity contribution in [3.63, 3.8) is 0 Å². The van der Waals surface area contributed by atoms with Gasteiger partial charge in [-0.25, -0.2) is 4.39 Å². The molecule has 1 N–H and O–H groups in total. The number of nitrogens with one attached hydrogen (secondary N) is 1. The number of piperidine rings is 1. The lowest BCUT2D eigenvalue weighted by Crippen LogP contribution is -2.60. The fourth-order valence-corrected chi connectivity index (χ4v) is 6.23. The zero-order valence-electron chi connectivity index (χ0n) is 19.5. The summed E-state index contributed by atoms with van der Waals surface area (Å²) in [5.41, 5.74) is -0.488. The fourth-order valence-electron chi connectivity index (χ4n) is 6.23. The molecule has 0 aromatic carbocycles. The van der Waals surface area contributed by atoms with Crippen molar-refractivity contribution in [3.05, 3.63) is 0 Å². The lowest BCUT2D eigenvalue weighted by atomic mass is 9.56. The second kappa shape index (κ2) is 9.57. The zero-order valence-corrected chi connectivity index (χ0v) is 19.5. The van der Waals surface area contributed by atoms with Crippen molar-refractivity contribution in [2.24, 2.45) is 11.3 Å². The molecule has 0 aromatic heterocycles. The summed E-state index contributed by atoms with van der Waals surface area (Å²) in [7, 11) is 0. The van der Waals surface area contributed by atoms with E-state index in [0.717, 1.165) is 38.5 Å². The molecular weight excluding hydrogens is 427 g/mol. The van der Waals surface area contributed by atoms with Crippen molar-refractivity contribution in [3.8, 4) is 6.07 Å². The van der Waals surface area contributed by atoms with E-state index in [-0.39, 0.29) is 54.2 Å². The van der Waals surface area contributed by atoms with Gasteiger partial charge in [0.2, 0.25) is 11.8 Å². The van der Waals surface area contributed by atoms with Crippen LogP contribution >= 0.6 is 0 Å². The highest BCUT2D eigenvalue weighted by molar-refractivity contribution is 5.84. The minimum atomic E-state index is -1.13. The molecule has 182 valence electrons. The van der Waals surface area contributed by atoms with Crippen LogP contribution in [-0.2, 0) is 19.1 Å². The maximum Gasteiger partial charge on any atom is 0.309 e. The van der Waals surface area contributed by atoms with Crippen LogP contribution in [0.5, 0.6) is 0 Å². The molecule has 0 radical (unpaired) electrons. The fraction of sp³-hybridized carbons (Fsp3) is 0.833. The van der Waals surface area contributed by atoms with E-state index >= 15 is 0 Å². The monoisotopic (exact) mass is 462 g/mol. The largest absolute Gasteiger partial charge is 0.466 e. The summed E-state index contributed by atoms with van der Waals surface area (Å²) in [5.74, 6) is -0.265. The number of nitrogens with zero attached hydrogens (tertiary/aromatic N) is 3. The van der Waals surface area contributed by atoms with Crippen LogP contribution in [0.25, 0.3) is 0 Å². The molecule has 2 unspecified atom stereocenters. The van der Waals surface area contributed by atoms with Crippen molar-refractivity contribution in [1.29, 1.82) is 5.26 Å². The molecule has 2 amide bonds. The Hall–Kier alpha value is -2.21. The van der Waals surface area contributed by atoms with Gasteiger partial charge < -0.3 is 19.9 Å². The quantitative estimate of drug-likeness (QED) is 0.605. The summed E-state index contributed by atoms with van der Waals surface area (Å²) < 4.78 is 18.8. The van der Waals surface area contributed by atoms with E-state index in [9.17, 15) is 24.0 Å². The first-order chi connectivity index (χ1) is 15.8. The third-order valence-electron chi connectivity index (χ3n) is 8.44. The standard InChI is InChI=1S/C24H35FN4O4/c1-2-33-21(31)17-3-11-28(12-4-17)22(32)23-5-8-24(9-6-23,10-7-23)27-15-20(30)29-16-18(25)13-19(29)14-26/h17-19,27H,2-13,15-16H2,1H3. The van der Waals surface area contributed by atoms with Crippen molar-refractivity contribution in [1.82, 2.24) is 15.1 Å². The number of carbonyl (C=O) groups excluding carboxylic acids is 3. The number of nitriles is 1. The van der Waals surface area contributed by atoms with Gasteiger partial charge in [-0.2, -0.15) is 5.26 Å². The van der Waals surface area contributed by atoms with E-state index in [1.54, 1.807) is 0 Å². The third kappa shape index (κ3) is 4.72. The van der Waals surface area contributed by atoms with Crippen LogP contribution in [0.4, 0.5) is 4.39 Å². The number of ether oxygens (including phenoxy) is 1. The molecule has 3 aliphatic carbocycles. The first kappa shape index (κ1) is 23.9. The second-order valence-electron chi connectivity index (χ2n) is 10.3. The molecule has 2 saturated heterocycles. The Kier molecular flexibility index (Phi) is 6.94. The average Bonchev–Trinajstić information content (AvgIpc) is 3.24. The zero-order chi connectivity index (χ0) is 23.6. The Morgan fingerprint density at radius 2 is 1.76 bits per heavy atom.